The summed E-state index contributed by atoms with van der Waals surface area (Å²) in [7, 11) is 1.47. The molecule has 1 aliphatic carbocycles. The first-order valence-corrected chi connectivity index (χ1v) is 6.43. The van der Waals surface area contributed by atoms with Crippen molar-refractivity contribution in [3.8, 4) is 0 Å². The predicted molar refractivity (Wildman–Crippen MR) is 77.1 cm³/mol. The summed E-state index contributed by atoms with van der Waals surface area (Å²) in [5.41, 5.74) is 6.31. The first-order valence-electron chi connectivity index (χ1n) is 6.43. The highest BCUT2D eigenvalue weighted by Gasteiger charge is 2.35. The van der Waals surface area contributed by atoms with E-state index < -0.39 is 6.10 Å². The van der Waals surface area contributed by atoms with Gasteiger partial charge in [0.05, 0.1) is 0 Å². The number of ether oxygens (including phenoxy) is 1. The van der Waals surface area contributed by atoms with E-state index >= 15 is 0 Å². The second-order valence-corrected chi connectivity index (χ2v) is 4.79. The Morgan fingerprint density at radius 2 is 2.25 bits per heavy atom. The Hall–Kier alpha value is -1.17. The molecule has 1 amide bonds. The van der Waals surface area contributed by atoms with Crippen LogP contribution in [0.5, 0.6) is 0 Å². The molecule has 6 heteroatoms. The monoisotopic (exact) mass is 302 g/mol. The quantitative estimate of drug-likeness (QED) is 0.870. The SMILES string of the molecule is COC(CN)C(=O)N(Cc1cccc(F)c1)C1CC1.Cl. The van der Waals surface area contributed by atoms with Crippen LogP contribution in [-0.4, -0.2) is 36.6 Å². The summed E-state index contributed by atoms with van der Waals surface area (Å²) in [5, 5.41) is 0. The number of rotatable bonds is 6. The molecule has 1 fully saturated rings. The standard InChI is InChI=1S/C14H19FN2O2.ClH/c1-19-13(8-16)14(18)17(12-5-6-12)9-10-3-2-4-11(15)7-10;/h2-4,7,12-13H,5-6,8-9,16H2,1H3;1H. The fourth-order valence-corrected chi connectivity index (χ4v) is 2.09. The predicted octanol–water partition coefficient (Wildman–Crippen LogP) is 1.71. The van der Waals surface area contributed by atoms with Crippen molar-refractivity contribution in [2.24, 2.45) is 5.73 Å². The van der Waals surface area contributed by atoms with Gasteiger partial charge in [-0.3, -0.25) is 4.79 Å². The normalized spacial score (nSPS) is 15.3. The van der Waals surface area contributed by atoms with Crippen molar-refractivity contribution in [1.82, 2.24) is 4.90 Å². The van der Waals surface area contributed by atoms with Crippen molar-refractivity contribution in [1.29, 1.82) is 0 Å². The van der Waals surface area contributed by atoms with Crippen LogP contribution >= 0.6 is 12.4 Å². The third-order valence-corrected chi connectivity index (χ3v) is 3.29. The van der Waals surface area contributed by atoms with E-state index in [-0.39, 0.29) is 36.7 Å². The number of amides is 1. The van der Waals surface area contributed by atoms with E-state index in [2.05, 4.69) is 0 Å². The highest BCUT2D eigenvalue weighted by atomic mass is 35.5. The van der Waals surface area contributed by atoms with Crippen molar-refractivity contribution >= 4 is 18.3 Å². The molecule has 0 spiro atoms. The molecule has 1 aromatic rings. The zero-order valence-corrected chi connectivity index (χ0v) is 12.2. The highest BCUT2D eigenvalue weighted by Crippen LogP contribution is 2.29. The Balaban J connectivity index is 0.00000200. The van der Waals surface area contributed by atoms with E-state index in [1.165, 1.54) is 19.2 Å². The summed E-state index contributed by atoms with van der Waals surface area (Å²) in [6, 6.07) is 6.55. The molecule has 112 valence electrons. The van der Waals surface area contributed by atoms with Gasteiger partial charge in [-0.2, -0.15) is 0 Å². The Labute approximate surface area is 124 Å². The Bertz CT molecular complexity index is 451. The second kappa shape index (κ2) is 7.57. The molecule has 1 unspecified atom stereocenters. The van der Waals surface area contributed by atoms with E-state index in [1.54, 1.807) is 11.0 Å². The van der Waals surface area contributed by atoms with Gasteiger partial charge in [0, 0.05) is 26.2 Å². The van der Waals surface area contributed by atoms with Crippen LogP contribution in [0.1, 0.15) is 18.4 Å². The second-order valence-electron chi connectivity index (χ2n) is 4.79. The van der Waals surface area contributed by atoms with Crippen LogP contribution in [0.3, 0.4) is 0 Å². The smallest absolute Gasteiger partial charge is 0.253 e. The first kappa shape index (κ1) is 16.9. The molecular weight excluding hydrogens is 283 g/mol. The van der Waals surface area contributed by atoms with E-state index in [0.29, 0.717) is 6.54 Å². The maximum absolute atomic E-state index is 13.2. The van der Waals surface area contributed by atoms with Gasteiger partial charge in [-0.1, -0.05) is 12.1 Å². The molecule has 0 bridgehead atoms. The number of hydrogen-bond donors (Lipinski definition) is 1. The van der Waals surface area contributed by atoms with Gasteiger partial charge >= 0.3 is 0 Å². The molecule has 1 aliphatic rings. The van der Waals surface area contributed by atoms with Crippen LogP contribution in [0.25, 0.3) is 0 Å². The van der Waals surface area contributed by atoms with Crippen LogP contribution in [-0.2, 0) is 16.1 Å². The Kier molecular flexibility index (Phi) is 6.39. The minimum atomic E-state index is -0.617. The molecule has 2 rings (SSSR count). The third-order valence-electron chi connectivity index (χ3n) is 3.29. The summed E-state index contributed by atoms with van der Waals surface area (Å²) in [4.78, 5) is 14.0. The first-order chi connectivity index (χ1) is 9.15. The number of halogens is 2. The fraction of sp³-hybridized carbons (Fsp3) is 0.500. The zero-order chi connectivity index (χ0) is 13.8. The van der Waals surface area contributed by atoms with Crippen LogP contribution in [0.4, 0.5) is 4.39 Å². The summed E-state index contributed by atoms with van der Waals surface area (Å²) in [5.74, 6) is -0.403. The van der Waals surface area contributed by atoms with Crippen LogP contribution < -0.4 is 5.73 Å². The topological polar surface area (TPSA) is 55.6 Å². The van der Waals surface area contributed by atoms with Crippen molar-refractivity contribution in [2.45, 2.75) is 31.5 Å². The minimum Gasteiger partial charge on any atom is -0.370 e. The maximum atomic E-state index is 13.2. The van der Waals surface area contributed by atoms with E-state index in [0.717, 1.165) is 18.4 Å². The number of nitrogens with two attached hydrogens (primary N) is 1. The third kappa shape index (κ3) is 4.16. The average Bonchev–Trinajstić information content (AvgIpc) is 3.21. The van der Waals surface area contributed by atoms with Crippen molar-refractivity contribution < 1.29 is 13.9 Å². The molecule has 20 heavy (non-hydrogen) atoms. The van der Waals surface area contributed by atoms with Gasteiger partial charge in [0.15, 0.2) is 0 Å². The molecule has 0 aliphatic heterocycles. The van der Waals surface area contributed by atoms with Crippen LogP contribution in [0, 0.1) is 5.82 Å². The van der Waals surface area contributed by atoms with Gasteiger partial charge in [-0.25, -0.2) is 4.39 Å². The Morgan fingerprint density at radius 1 is 1.55 bits per heavy atom. The van der Waals surface area contributed by atoms with Crippen LogP contribution in [0.2, 0.25) is 0 Å². The molecule has 1 aromatic carbocycles. The lowest BCUT2D eigenvalue weighted by Gasteiger charge is -2.26. The lowest BCUT2D eigenvalue weighted by molar-refractivity contribution is -0.142. The van der Waals surface area contributed by atoms with Gasteiger partial charge in [0.25, 0.3) is 5.91 Å². The number of hydrogen-bond acceptors (Lipinski definition) is 3. The van der Waals surface area contributed by atoms with E-state index in [1.807, 2.05) is 6.07 Å². The van der Waals surface area contributed by atoms with Gasteiger partial charge in [0.1, 0.15) is 11.9 Å². The largest absolute Gasteiger partial charge is 0.370 e. The highest BCUT2D eigenvalue weighted by molar-refractivity contribution is 5.85. The Morgan fingerprint density at radius 3 is 2.75 bits per heavy atom. The molecule has 0 heterocycles. The van der Waals surface area contributed by atoms with Crippen molar-refractivity contribution in [3.05, 3.63) is 35.6 Å². The lowest BCUT2D eigenvalue weighted by atomic mass is 10.2. The lowest BCUT2D eigenvalue weighted by Crippen LogP contribution is -2.44. The van der Waals surface area contributed by atoms with Gasteiger partial charge < -0.3 is 15.4 Å². The molecule has 0 radical (unpaired) electrons. The van der Waals surface area contributed by atoms with E-state index in [9.17, 15) is 9.18 Å². The molecule has 4 nitrogen and oxygen atoms in total. The number of carbonyl (C=O) groups is 1. The van der Waals surface area contributed by atoms with Crippen molar-refractivity contribution in [2.75, 3.05) is 13.7 Å². The number of benzene rings is 1. The van der Waals surface area contributed by atoms with Crippen LogP contribution in [0.15, 0.2) is 24.3 Å². The summed E-state index contributed by atoms with van der Waals surface area (Å²) in [6.45, 7) is 0.558. The number of methoxy groups -OCH3 is 1. The molecule has 2 N–H and O–H groups in total. The van der Waals surface area contributed by atoms with Gasteiger partial charge in [0.2, 0.25) is 0 Å². The summed E-state index contributed by atoms with van der Waals surface area (Å²) < 4.78 is 18.3. The molecular formula is C14H20ClFN2O2. The average molecular weight is 303 g/mol. The van der Waals surface area contributed by atoms with Gasteiger partial charge in [-0.05, 0) is 30.5 Å². The molecule has 1 atom stereocenters. The maximum Gasteiger partial charge on any atom is 0.253 e. The van der Waals surface area contributed by atoms with E-state index in [4.69, 9.17) is 10.5 Å². The summed E-state index contributed by atoms with van der Waals surface area (Å²) in [6.07, 6.45) is 1.36. The molecule has 0 aromatic heterocycles. The minimum absolute atomic E-state index is 0. The zero-order valence-electron chi connectivity index (χ0n) is 11.4. The molecule has 0 saturated heterocycles. The van der Waals surface area contributed by atoms with Crippen molar-refractivity contribution in [3.63, 3.8) is 0 Å². The summed E-state index contributed by atoms with van der Waals surface area (Å²) >= 11 is 0. The number of nitrogens with zero attached hydrogens (tertiary/aromatic N) is 1. The van der Waals surface area contributed by atoms with Gasteiger partial charge in [-0.15, -0.1) is 12.4 Å². The molecule has 1 saturated carbocycles. The fourth-order valence-electron chi connectivity index (χ4n) is 2.09. The number of carbonyl (C=O) groups excluding carboxylic acids is 1.